The molecule has 1 saturated carbocycles. The van der Waals surface area contributed by atoms with E-state index in [1.54, 1.807) is 11.3 Å². The van der Waals surface area contributed by atoms with Crippen LogP contribution < -0.4 is 5.32 Å². The van der Waals surface area contributed by atoms with E-state index in [2.05, 4.69) is 16.0 Å². The number of aromatic nitrogens is 1. The Labute approximate surface area is 174 Å². The van der Waals surface area contributed by atoms with Crippen LogP contribution in [0.4, 0.5) is 4.79 Å². The van der Waals surface area contributed by atoms with Crippen molar-refractivity contribution in [1.82, 2.24) is 14.8 Å². The maximum absolute atomic E-state index is 13.1. The number of aryl methyl sites for hydroxylation is 1. The van der Waals surface area contributed by atoms with Crippen molar-refractivity contribution in [3.63, 3.8) is 0 Å². The van der Waals surface area contributed by atoms with Crippen molar-refractivity contribution >= 4 is 29.1 Å². The van der Waals surface area contributed by atoms with Gasteiger partial charge in [-0.15, -0.1) is 11.3 Å². The fourth-order valence-corrected chi connectivity index (χ4v) is 5.45. The van der Waals surface area contributed by atoms with Gasteiger partial charge in [0.2, 0.25) is 0 Å². The minimum Gasteiger partial charge on any atom is -0.343 e. The molecule has 3 heterocycles. The van der Waals surface area contributed by atoms with Crippen LogP contribution in [0.15, 0.2) is 23.6 Å². The molecule has 0 unspecified atom stereocenters. The number of ketones is 1. The predicted octanol–water partition coefficient (Wildman–Crippen LogP) is 3.90. The number of hydrogen-bond donors (Lipinski definition) is 1. The predicted molar refractivity (Wildman–Crippen MR) is 112 cm³/mol. The van der Waals surface area contributed by atoms with Gasteiger partial charge >= 0.3 is 6.03 Å². The second-order valence-electron chi connectivity index (χ2n) is 8.31. The highest BCUT2D eigenvalue weighted by Gasteiger charge is 2.55. The highest BCUT2D eigenvalue weighted by molar-refractivity contribution is 7.09. The van der Waals surface area contributed by atoms with Crippen molar-refractivity contribution in [3.05, 3.63) is 45.4 Å². The second-order valence-corrected chi connectivity index (χ2v) is 9.35. The lowest BCUT2D eigenvalue weighted by molar-refractivity contribution is -0.133. The van der Waals surface area contributed by atoms with Gasteiger partial charge < -0.3 is 9.88 Å². The van der Waals surface area contributed by atoms with Crippen molar-refractivity contribution in [1.29, 1.82) is 0 Å². The van der Waals surface area contributed by atoms with Crippen molar-refractivity contribution < 1.29 is 14.4 Å². The molecule has 2 atom stereocenters. The molecule has 0 aromatic carbocycles. The molecular formula is C22H27N3O3S. The van der Waals surface area contributed by atoms with Crippen LogP contribution in [0.3, 0.4) is 0 Å². The average molecular weight is 414 g/mol. The monoisotopic (exact) mass is 413 g/mol. The summed E-state index contributed by atoms with van der Waals surface area (Å²) in [6.45, 7) is 6.42. The van der Waals surface area contributed by atoms with Crippen LogP contribution in [0.1, 0.15) is 59.2 Å². The fraction of sp³-hybridized carbons (Fsp3) is 0.500. The summed E-state index contributed by atoms with van der Waals surface area (Å²) in [4.78, 5) is 41.1. The van der Waals surface area contributed by atoms with Crippen molar-refractivity contribution in [3.8, 4) is 0 Å². The third-order valence-corrected chi connectivity index (χ3v) is 7.43. The van der Waals surface area contributed by atoms with Gasteiger partial charge in [0.15, 0.2) is 5.78 Å². The SMILES string of the molecule is Cc1cc(C(=O)CN2C(=O)N[C@@]3(CCCC[C@@H]3C)C2=O)c(C)n1Cc1cccs1. The molecule has 0 bridgehead atoms. The first kappa shape index (κ1) is 19.9. The first-order valence-corrected chi connectivity index (χ1v) is 11.1. The molecule has 154 valence electrons. The largest absolute Gasteiger partial charge is 0.343 e. The molecule has 1 aliphatic carbocycles. The Kier molecular flexibility index (Phi) is 5.11. The van der Waals surface area contributed by atoms with E-state index >= 15 is 0 Å². The molecule has 1 saturated heterocycles. The number of carbonyl (C=O) groups excluding carboxylic acids is 3. The lowest BCUT2D eigenvalue weighted by Gasteiger charge is -2.36. The van der Waals surface area contributed by atoms with Gasteiger partial charge in [-0.05, 0) is 50.1 Å². The fourth-order valence-electron chi connectivity index (χ4n) is 4.75. The molecule has 1 aliphatic heterocycles. The molecular weight excluding hydrogens is 386 g/mol. The number of amides is 3. The van der Waals surface area contributed by atoms with E-state index in [0.717, 1.165) is 35.6 Å². The quantitative estimate of drug-likeness (QED) is 0.597. The van der Waals surface area contributed by atoms with Crippen molar-refractivity contribution in [2.45, 2.75) is 58.5 Å². The Bertz CT molecular complexity index is 962. The number of rotatable bonds is 5. The van der Waals surface area contributed by atoms with E-state index in [-0.39, 0.29) is 24.2 Å². The molecule has 7 heteroatoms. The van der Waals surface area contributed by atoms with E-state index in [4.69, 9.17) is 0 Å². The van der Waals surface area contributed by atoms with Crippen LogP contribution in [-0.4, -0.2) is 39.3 Å². The molecule has 6 nitrogen and oxygen atoms in total. The normalized spacial score (nSPS) is 24.4. The molecule has 29 heavy (non-hydrogen) atoms. The molecule has 2 aliphatic rings. The van der Waals surface area contributed by atoms with E-state index in [9.17, 15) is 14.4 Å². The van der Waals surface area contributed by atoms with E-state index in [0.29, 0.717) is 18.5 Å². The molecule has 2 aromatic heterocycles. The van der Waals surface area contributed by atoms with E-state index in [1.807, 2.05) is 38.3 Å². The summed E-state index contributed by atoms with van der Waals surface area (Å²) in [7, 11) is 0. The number of Topliss-reactive ketones (excluding diaryl/α,β-unsaturated/α-hetero) is 1. The molecule has 1 spiro atoms. The topological polar surface area (TPSA) is 71.4 Å². The smallest absolute Gasteiger partial charge is 0.325 e. The van der Waals surface area contributed by atoms with Gasteiger partial charge in [-0.1, -0.05) is 25.8 Å². The van der Waals surface area contributed by atoms with E-state index < -0.39 is 11.6 Å². The maximum Gasteiger partial charge on any atom is 0.325 e. The number of carbonyl (C=O) groups is 3. The van der Waals surface area contributed by atoms with Crippen molar-refractivity contribution in [2.24, 2.45) is 5.92 Å². The molecule has 3 amide bonds. The van der Waals surface area contributed by atoms with Crippen LogP contribution in [0, 0.1) is 19.8 Å². The minimum absolute atomic E-state index is 0.0867. The zero-order chi connectivity index (χ0) is 20.8. The minimum atomic E-state index is -0.828. The zero-order valence-corrected chi connectivity index (χ0v) is 18.0. The summed E-state index contributed by atoms with van der Waals surface area (Å²) in [6, 6.07) is 5.51. The maximum atomic E-state index is 13.1. The summed E-state index contributed by atoms with van der Waals surface area (Å²) in [5.41, 5.74) is 1.62. The molecule has 0 radical (unpaired) electrons. The van der Waals surface area contributed by atoms with Crippen LogP contribution in [0.25, 0.3) is 0 Å². The number of nitrogens with zero attached hydrogens (tertiary/aromatic N) is 2. The van der Waals surface area contributed by atoms with Gasteiger partial charge in [-0.3, -0.25) is 14.5 Å². The van der Waals surface area contributed by atoms with Gasteiger partial charge in [0.25, 0.3) is 5.91 Å². The Morgan fingerprint density at radius 1 is 1.31 bits per heavy atom. The number of urea groups is 1. The molecule has 2 aromatic rings. The number of thiophene rings is 1. The zero-order valence-electron chi connectivity index (χ0n) is 17.2. The van der Waals surface area contributed by atoms with Gasteiger partial charge in [-0.25, -0.2) is 4.79 Å². The standard InChI is InChI=1S/C22H27N3O3S/c1-14-7-4-5-9-22(14)20(27)25(21(28)23-22)13-19(26)18-11-15(2)24(16(18)3)12-17-8-6-10-29-17/h6,8,10-11,14H,4-5,7,9,12-13H2,1-3H3,(H,23,28)/t14-,22+/m0/s1. The van der Waals surface area contributed by atoms with Crippen LogP contribution in [-0.2, 0) is 11.3 Å². The first-order chi connectivity index (χ1) is 13.8. The third-order valence-electron chi connectivity index (χ3n) is 6.57. The van der Waals surface area contributed by atoms with Gasteiger partial charge in [0, 0.05) is 21.8 Å². The highest BCUT2D eigenvalue weighted by Crippen LogP contribution is 2.38. The molecule has 2 fully saturated rings. The Balaban J connectivity index is 1.54. The summed E-state index contributed by atoms with van der Waals surface area (Å²) in [5.74, 6) is -0.348. The van der Waals surface area contributed by atoms with Crippen LogP contribution in [0.2, 0.25) is 0 Å². The van der Waals surface area contributed by atoms with Gasteiger partial charge in [-0.2, -0.15) is 0 Å². The Hall–Kier alpha value is -2.41. The summed E-state index contributed by atoms with van der Waals surface area (Å²) < 4.78 is 2.11. The lowest BCUT2D eigenvalue weighted by Crippen LogP contribution is -2.54. The lowest BCUT2D eigenvalue weighted by atomic mass is 9.73. The van der Waals surface area contributed by atoms with E-state index in [1.165, 1.54) is 4.88 Å². The van der Waals surface area contributed by atoms with Gasteiger partial charge in [0.1, 0.15) is 5.54 Å². The second kappa shape index (κ2) is 7.44. The van der Waals surface area contributed by atoms with Gasteiger partial charge in [0.05, 0.1) is 13.1 Å². The molecule has 1 N–H and O–H groups in total. The van der Waals surface area contributed by atoms with Crippen LogP contribution in [0.5, 0.6) is 0 Å². The summed E-state index contributed by atoms with van der Waals surface area (Å²) in [5, 5.41) is 4.95. The summed E-state index contributed by atoms with van der Waals surface area (Å²) >= 11 is 1.68. The molecule has 4 rings (SSSR count). The third kappa shape index (κ3) is 3.31. The number of nitrogens with one attached hydrogen (secondary N) is 1. The first-order valence-electron chi connectivity index (χ1n) is 10.2. The Morgan fingerprint density at radius 3 is 2.79 bits per heavy atom. The Morgan fingerprint density at radius 2 is 2.10 bits per heavy atom. The number of imide groups is 1. The van der Waals surface area contributed by atoms with Crippen LogP contribution >= 0.6 is 11.3 Å². The summed E-state index contributed by atoms with van der Waals surface area (Å²) in [6.07, 6.45) is 3.56. The van der Waals surface area contributed by atoms with Crippen molar-refractivity contribution in [2.75, 3.05) is 6.54 Å². The highest BCUT2D eigenvalue weighted by atomic mass is 32.1. The average Bonchev–Trinajstić information content (AvgIpc) is 3.36. The number of hydrogen-bond acceptors (Lipinski definition) is 4.